The van der Waals surface area contributed by atoms with Crippen LogP contribution >= 0.6 is 11.3 Å². The van der Waals surface area contributed by atoms with Crippen molar-refractivity contribution < 1.29 is 4.52 Å². The van der Waals surface area contributed by atoms with E-state index < -0.39 is 0 Å². The maximum Gasteiger partial charge on any atom is 0.229 e. The van der Waals surface area contributed by atoms with Crippen molar-refractivity contribution in [1.82, 2.24) is 25.7 Å². The lowest BCUT2D eigenvalue weighted by molar-refractivity contribution is 0.294. The fourth-order valence-electron chi connectivity index (χ4n) is 2.94. The fourth-order valence-corrected chi connectivity index (χ4v) is 3.72. The zero-order valence-electron chi connectivity index (χ0n) is 14.3. The fraction of sp³-hybridized carbons (Fsp3) is 0.750. The lowest BCUT2D eigenvalue weighted by Gasteiger charge is -2.26. The van der Waals surface area contributed by atoms with E-state index in [4.69, 9.17) is 4.52 Å². The van der Waals surface area contributed by atoms with Gasteiger partial charge in [-0.2, -0.15) is 4.98 Å². The van der Waals surface area contributed by atoms with Gasteiger partial charge in [-0.05, 0) is 12.8 Å². The maximum atomic E-state index is 5.42. The zero-order chi connectivity index (χ0) is 16.4. The number of hydrogen-bond acceptors (Lipinski definition) is 7. The van der Waals surface area contributed by atoms with Crippen LogP contribution in [0.15, 0.2) is 4.52 Å². The molecule has 1 saturated carbocycles. The molecule has 3 rings (SSSR count). The Morgan fingerprint density at radius 2 is 1.87 bits per heavy atom. The first-order valence-corrected chi connectivity index (χ1v) is 9.23. The summed E-state index contributed by atoms with van der Waals surface area (Å²) in [6.07, 6.45) is 4.46. The van der Waals surface area contributed by atoms with Crippen molar-refractivity contribution in [2.24, 2.45) is 0 Å². The Balaban J connectivity index is 1.75. The van der Waals surface area contributed by atoms with Crippen molar-refractivity contribution in [3.63, 3.8) is 0 Å². The summed E-state index contributed by atoms with van der Waals surface area (Å²) in [6, 6.07) is 0. The standard InChI is InChI=1S/C16H25N5OS/c1-10(2)13-18-15(21-22-13)16(7-5-6-8-16)17-9-12-19-20-14(23-12)11(3)4/h10-11,17H,5-9H2,1-4H3. The highest BCUT2D eigenvalue weighted by atomic mass is 32.1. The van der Waals surface area contributed by atoms with Crippen LogP contribution in [-0.2, 0) is 12.1 Å². The van der Waals surface area contributed by atoms with Crippen LogP contribution < -0.4 is 5.32 Å². The Hall–Kier alpha value is -1.34. The topological polar surface area (TPSA) is 76.7 Å². The predicted octanol–water partition coefficient (Wildman–Crippen LogP) is 3.73. The van der Waals surface area contributed by atoms with Gasteiger partial charge in [0.25, 0.3) is 0 Å². The number of nitrogens with one attached hydrogen (secondary N) is 1. The molecule has 1 aliphatic carbocycles. The first-order valence-electron chi connectivity index (χ1n) is 8.41. The molecule has 0 atom stereocenters. The van der Waals surface area contributed by atoms with Crippen molar-refractivity contribution in [1.29, 1.82) is 0 Å². The highest BCUT2D eigenvalue weighted by Crippen LogP contribution is 2.38. The summed E-state index contributed by atoms with van der Waals surface area (Å²) in [7, 11) is 0. The van der Waals surface area contributed by atoms with Crippen LogP contribution in [0.5, 0.6) is 0 Å². The molecule has 7 heteroatoms. The molecule has 2 heterocycles. The minimum atomic E-state index is -0.180. The molecular weight excluding hydrogens is 310 g/mol. The second-order valence-electron chi connectivity index (χ2n) is 6.94. The van der Waals surface area contributed by atoms with Gasteiger partial charge in [0.15, 0.2) is 5.82 Å². The second-order valence-corrected chi connectivity index (χ2v) is 8.04. The summed E-state index contributed by atoms with van der Waals surface area (Å²) in [5.41, 5.74) is -0.180. The first kappa shape index (κ1) is 16.5. The summed E-state index contributed by atoms with van der Waals surface area (Å²) in [5.74, 6) is 2.19. The first-order chi connectivity index (χ1) is 11.0. The summed E-state index contributed by atoms with van der Waals surface area (Å²) >= 11 is 1.68. The van der Waals surface area contributed by atoms with Crippen LogP contribution in [0.2, 0.25) is 0 Å². The average Bonchev–Trinajstić information content (AvgIpc) is 3.25. The molecule has 1 N–H and O–H groups in total. The van der Waals surface area contributed by atoms with Crippen LogP contribution in [0.25, 0.3) is 0 Å². The predicted molar refractivity (Wildman–Crippen MR) is 89.4 cm³/mol. The molecule has 6 nitrogen and oxygen atoms in total. The number of aromatic nitrogens is 4. The van der Waals surface area contributed by atoms with E-state index in [9.17, 15) is 0 Å². The van der Waals surface area contributed by atoms with E-state index in [1.165, 1.54) is 12.8 Å². The molecule has 0 amide bonds. The molecule has 2 aromatic heterocycles. The Morgan fingerprint density at radius 1 is 1.13 bits per heavy atom. The largest absolute Gasteiger partial charge is 0.339 e. The number of nitrogens with zero attached hydrogens (tertiary/aromatic N) is 4. The van der Waals surface area contributed by atoms with E-state index in [1.54, 1.807) is 11.3 Å². The number of hydrogen-bond donors (Lipinski definition) is 1. The summed E-state index contributed by atoms with van der Waals surface area (Å²) in [5, 5.41) is 18.6. The van der Waals surface area contributed by atoms with Gasteiger partial charge in [-0.15, -0.1) is 10.2 Å². The van der Waals surface area contributed by atoms with Crippen LogP contribution in [0.1, 0.15) is 86.9 Å². The smallest absolute Gasteiger partial charge is 0.229 e. The Labute approximate surface area is 141 Å². The Bertz CT molecular complexity index is 642. The van der Waals surface area contributed by atoms with E-state index >= 15 is 0 Å². The van der Waals surface area contributed by atoms with Crippen molar-refractivity contribution in [2.75, 3.05) is 0 Å². The molecule has 0 saturated heterocycles. The molecule has 0 radical (unpaired) electrons. The van der Waals surface area contributed by atoms with E-state index in [1.807, 2.05) is 0 Å². The van der Waals surface area contributed by atoms with Gasteiger partial charge in [0, 0.05) is 11.8 Å². The van der Waals surface area contributed by atoms with Gasteiger partial charge in [0.05, 0.1) is 12.1 Å². The SMILES string of the molecule is CC(C)c1nc(C2(NCc3nnc(C(C)C)s3)CCCC2)no1. The van der Waals surface area contributed by atoms with Gasteiger partial charge in [0.2, 0.25) is 5.89 Å². The molecule has 0 aromatic carbocycles. The van der Waals surface area contributed by atoms with E-state index in [0.29, 0.717) is 18.4 Å². The third-order valence-corrected chi connectivity index (χ3v) is 5.60. The van der Waals surface area contributed by atoms with Crippen LogP contribution in [0.4, 0.5) is 0 Å². The summed E-state index contributed by atoms with van der Waals surface area (Å²) in [4.78, 5) is 4.64. The molecule has 1 aliphatic rings. The lowest BCUT2D eigenvalue weighted by atomic mass is 9.96. The average molecular weight is 335 g/mol. The van der Waals surface area contributed by atoms with Crippen molar-refractivity contribution in [3.05, 3.63) is 21.7 Å². The molecule has 0 aliphatic heterocycles. The normalized spacial score (nSPS) is 17.5. The highest BCUT2D eigenvalue weighted by Gasteiger charge is 2.40. The van der Waals surface area contributed by atoms with E-state index in [-0.39, 0.29) is 11.5 Å². The monoisotopic (exact) mass is 335 g/mol. The Morgan fingerprint density at radius 3 is 2.43 bits per heavy atom. The van der Waals surface area contributed by atoms with Crippen molar-refractivity contribution in [3.8, 4) is 0 Å². The lowest BCUT2D eigenvalue weighted by Crippen LogP contribution is -2.40. The van der Waals surface area contributed by atoms with Crippen molar-refractivity contribution in [2.45, 2.75) is 77.3 Å². The molecule has 126 valence electrons. The van der Waals surface area contributed by atoms with Gasteiger partial charge in [-0.3, -0.25) is 5.32 Å². The Kier molecular flexibility index (Phi) is 4.77. The molecule has 2 aromatic rings. The van der Waals surface area contributed by atoms with Gasteiger partial charge in [-0.25, -0.2) is 0 Å². The molecule has 0 spiro atoms. The molecule has 0 unspecified atom stereocenters. The minimum Gasteiger partial charge on any atom is -0.339 e. The quantitative estimate of drug-likeness (QED) is 0.867. The summed E-state index contributed by atoms with van der Waals surface area (Å²) in [6.45, 7) is 9.13. The maximum absolute atomic E-state index is 5.42. The van der Waals surface area contributed by atoms with Gasteiger partial charge < -0.3 is 4.52 Å². The summed E-state index contributed by atoms with van der Waals surface area (Å²) < 4.78 is 5.42. The van der Waals surface area contributed by atoms with E-state index in [0.717, 1.165) is 28.7 Å². The van der Waals surface area contributed by atoms with E-state index in [2.05, 4.69) is 53.3 Å². The molecule has 0 bridgehead atoms. The van der Waals surface area contributed by atoms with Crippen LogP contribution in [0.3, 0.4) is 0 Å². The van der Waals surface area contributed by atoms with Gasteiger partial charge in [0.1, 0.15) is 10.0 Å². The highest BCUT2D eigenvalue weighted by molar-refractivity contribution is 7.11. The third kappa shape index (κ3) is 3.45. The zero-order valence-corrected chi connectivity index (χ0v) is 15.1. The van der Waals surface area contributed by atoms with Gasteiger partial charge >= 0.3 is 0 Å². The van der Waals surface area contributed by atoms with Crippen LogP contribution in [-0.4, -0.2) is 20.3 Å². The third-order valence-electron chi connectivity index (χ3n) is 4.38. The second kappa shape index (κ2) is 6.65. The molecular formula is C16H25N5OS. The number of rotatable bonds is 6. The van der Waals surface area contributed by atoms with Crippen molar-refractivity contribution >= 4 is 11.3 Å². The van der Waals surface area contributed by atoms with Crippen LogP contribution in [0, 0.1) is 0 Å². The van der Waals surface area contributed by atoms with Gasteiger partial charge in [-0.1, -0.05) is 57.0 Å². The molecule has 23 heavy (non-hydrogen) atoms. The molecule has 1 fully saturated rings. The minimum absolute atomic E-state index is 0.180.